The third-order valence-corrected chi connectivity index (χ3v) is 4.26. The Morgan fingerprint density at radius 2 is 2.17 bits per heavy atom. The number of sulfonamides is 1. The van der Waals surface area contributed by atoms with Gasteiger partial charge in [0.2, 0.25) is 5.03 Å². The molecule has 0 radical (unpaired) electrons. The molecule has 0 aliphatic rings. The normalized spacial score (nSPS) is 12.0. The molecule has 1 aromatic heterocycles. The van der Waals surface area contributed by atoms with Crippen molar-refractivity contribution < 1.29 is 17.5 Å². The number of rotatable bonds is 7. The average Bonchev–Trinajstić information content (AvgIpc) is 2.34. The van der Waals surface area contributed by atoms with Crippen molar-refractivity contribution in [2.75, 3.05) is 26.3 Å². The zero-order chi connectivity index (χ0) is 13.6. The largest absolute Gasteiger partial charge is 0.380 e. The Kier molecular flexibility index (Phi) is 5.64. The second-order valence-electron chi connectivity index (χ2n) is 3.48. The molecule has 5 nitrogen and oxygen atoms in total. The Hall–Kier alpha value is -1.05. The Morgan fingerprint density at radius 1 is 1.44 bits per heavy atom. The molecule has 18 heavy (non-hydrogen) atoms. The molecule has 0 saturated carbocycles. The van der Waals surface area contributed by atoms with Gasteiger partial charge in [-0.3, -0.25) is 0 Å². The van der Waals surface area contributed by atoms with Gasteiger partial charge in [0, 0.05) is 25.9 Å². The Bertz CT molecular complexity index is 479. The van der Waals surface area contributed by atoms with Gasteiger partial charge in [-0.25, -0.2) is 17.8 Å². The SMILES string of the molecule is CCOCCN(CC)S(=O)(=O)c1ncccc1F. The molecule has 0 aliphatic carbocycles. The van der Waals surface area contributed by atoms with Crippen LogP contribution in [0.3, 0.4) is 0 Å². The Labute approximate surface area is 107 Å². The molecule has 0 N–H and O–H groups in total. The first-order valence-electron chi connectivity index (χ1n) is 5.72. The Morgan fingerprint density at radius 3 is 2.72 bits per heavy atom. The molecule has 0 amide bonds. The third-order valence-electron chi connectivity index (χ3n) is 2.35. The van der Waals surface area contributed by atoms with Crippen LogP contribution in [0.15, 0.2) is 23.4 Å². The van der Waals surface area contributed by atoms with Gasteiger partial charge in [-0.15, -0.1) is 0 Å². The van der Waals surface area contributed by atoms with Crippen LogP contribution in [-0.4, -0.2) is 44.0 Å². The van der Waals surface area contributed by atoms with Gasteiger partial charge in [-0.05, 0) is 19.1 Å². The molecule has 0 aliphatic heterocycles. The van der Waals surface area contributed by atoms with Crippen LogP contribution in [0.1, 0.15) is 13.8 Å². The minimum absolute atomic E-state index is 0.183. The summed E-state index contributed by atoms with van der Waals surface area (Å²) in [5.74, 6) is -0.840. The minimum Gasteiger partial charge on any atom is -0.380 e. The standard InChI is InChI=1S/C11H17FN2O3S/c1-3-14(8-9-17-4-2)18(15,16)11-10(12)6-5-7-13-11/h5-7H,3-4,8-9H2,1-2H3. The molecule has 0 fully saturated rings. The minimum atomic E-state index is -3.90. The quantitative estimate of drug-likeness (QED) is 0.704. The summed E-state index contributed by atoms with van der Waals surface area (Å²) in [5.41, 5.74) is 0. The third kappa shape index (κ3) is 3.47. The van der Waals surface area contributed by atoms with Crippen LogP contribution in [-0.2, 0) is 14.8 Å². The number of hydrogen-bond donors (Lipinski definition) is 0. The van der Waals surface area contributed by atoms with Gasteiger partial charge in [-0.2, -0.15) is 4.31 Å². The van der Waals surface area contributed by atoms with Crippen molar-refractivity contribution in [1.29, 1.82) is 0 Å². The van der Waals surface area contributed by atoms with Crippen molar-refractivity contribution >= 4 is 10.0 Å². The number of ether oxygens (including phenoxy) is 1. The van der Waals surface area contributed by atoms with E-state index in [0.29, 0.717) is 6.61 Å². The number of hydrogen-bond acceptors (Lipinski definition) is 4. The summed E-state index contributed by atoms with van der Waals surface area (Å²) in [4.78, 5) is 3.60. The number of halogens is 1. The average molecular weight is 276 g/mol. The second-order valence-corrected chi connectivity index (χ2v) is 5.34. The van der Waals surface area contributed by atoms with E-state index in [1.807, 2.05) is 6.92 Å². The lowest BCUT2D eigenvalue weighted by Gasteiger charge is -2.19. The summed E-state index contributed by atoms with van der Waals surface area (Å²) in [6.45, 7) is 4.72. The van der Waals surface area contributed by atoms with Gasteiger partial charge < -0.3 is 4.74 Å². The fraction of sp³-hybridized carbons (Fsp3) is 0.545. The molecule has 1 heterocycles. The maximum Gasteiger partial charge on any atom is 0.263 e. The maximum atomic E-state index is 13.5. The summed E-state index contributed by atoms with van der Waals surface area (Å²) in [6.07, 6.45) is 1.26. The molecule has 0 saturated heterocycles. The second kappa shape index (κ2) is 6.77. The van der Waals surface area contributed by atoms with E-state index in [9.17, 15) is 12.8 Å². The summed E-state index contributed by atoms with van der Waals surface area (Å²) < 4.78 is 44.0. The smallest absolute Gasteiger partial charge is 0.263 e. The highest BCUT2D eigenvalue weighted by Gasteiger charge is 2.27. The fourth-order valence-electron chi connectivity index (χ4n) is 1.44. The van der Waals surface area contributed by atoms with Crippen LogP contribution < -0.4 is 0 Å². The summed E-state index contributed by atoms with van der Waals surface area (Å²) in [5, 5.41) is -0.539. The van der Waals surface area contributed by atoms with Crippen LogP contribution in [0.2, 0.25) is 0 Å². The molecule has 102 valence electrons. The van der Waals surface area contributed by atoms with Crippen LogP contribution >= 0.6 is 0 Å². The highest BCUT2D eigenvalue weighted by molar-refractivity contribution is 7.89. The van der Waals surface area contributed by atoms with E-state index in [2.05, 4.69) is 4.98 Å². The molecular weight excluding hydrogens is 259 g/mol. The molecule has 0 atom stereocenters. The first-order valence-corrected chi connectivity index (χ1v) is 7.16. The lowest BCUT2D eigenvalue weighted by molar-refractivity contribution is 0.135. The van der Waals surface area contributed by atoms with Gasteiger partial charge >= 0.3 is 0 Å². The van der Waals surface area contributed by atoms with Gasteiger partial charge in [0.1, 0.15) is 0 Å². The van der Waals surface area contributed by atoms with Crippen LogP contribution in [0, 0.1) is 5.82 Å². The van der Waals surface area contributed by atoms with Crippen molar-refractivity contribution in [2.24, 2.45) is 0 Å². The van der Waals surface area contributed by atoms with E-state index in [-0.39, 0.29) is 19.7 Å². The van der Waals surface area contributed by atoms with E-state index in [1.54, 1.807) is 6.92 Å². The Balaban J connectivity index is 2.93. The maximum absolute atomic E-state index is 13.5. The summed E-state index contributed by atoms with van der Waals surface area (Å²) in [7, 11) is -3.90. The predicted molar refractivity (Wildman–Crippen MR) is 65.1 cm³/mol. The monoisotopic (exact) mass is 276 g/mol. The molecule has 1 rings (SSSR count). The highest BCUT2D eigenvalue weighted by atomic mass is 32.2. The lowest BCUT2D eigenvalue weighted by Crippen LogP contribution is -2.35. The van der Waals surface area contributed by atoms with Gasteiger partial charge in [0.15, 0.2) is 5.82 Å². The molecule has 0 unspecified atom stereocenters. The molecular formula is C11H17FN2O3S. The highest BCUT2D eigenvalue weighted by Crippen LogP contribution is 2.15. The summed E-state index contributed by atoms with van der Waals surface area (Å²) >= 11 is 0. The van der Waals surface area contributed by atoms with Crippen molar-refractivity contribution in [1.82, 2.24) is 9.29 Å². The molecule has 0 bridgehead atoms. The molecule has 7 heteroatoms. The molecule has 1 aromatic rings. The van der Waals surface area contributed by atoms with Gasteiger partial charge in [0.05, 0.1) is 6.61 Å². The first-order chi connectivity index (χ1) is 8.54. The van der Waals surface area contributed by atoms with E-state index >= 15 is 0 Å². The number of aromatic nitrogens is 1. The summed E-state index contributed by atoms with van der Waals surface area (Å²) in [6, 6.07) is 2.43. The number of likely N-dealkylation sites (N-methyl/N-ethyl adjacent to an activating group) is 1. The fourth-order valence-corrected chi connectivity index (χ4v) is 2.85. The van der Waals surface area contributed by atoms with Crippen LogP contribution in [0.25, 0.3) is 0 Å². The number of nitrogens with zero attached hydrogens (tertiary/aromatic N) is 2. The van der Waals surface area contributed by atoms with Crippen LogP contribution in [0.5, 0.6) is 0 Å². The van der Waals surface area contributed by atoms with E-state index in [4.69, 9.17) is 4.74 Å². The van der Waals surface area contributed by atoms with Crippen LogP contribution in [0.4, 0.5) is 4.39 Å². The van der Waals surface area contributed by atoms with Crippen molar-refractivity contribution in [3.8, 4) is 0 Å². The van der Waals surface area contributed by atoms with Crippen molar-refractivity contribution in [2.45, 2.75) is 18.9 Å². The van der Waals surface area contributed by atoms with Crippen molar-refractivity contribution in [3.05, 3.63) is 24.1 Å². The topological polar surface area (TPSA) is 59.5 Å². The van der Waals surface area contributed by atoms with E-state index in [1.165, 1.54) is 12.3 Å². The van der Waals surface area contributed by atoms with Gasteiger partial charge in [0.25, 0.3) is 10.0 Å². The van der Waals surface area contributed by atoms with Gasteiger partial charge in [-0.1, -0.05) is 6.92 Å². The molecule has 0 spiro atoms. The lowest BCUT2D eigenvalue weighted by atomic mass is 10.5. The first kappa shape index (κ1) is 15.0. The zero-order valence-electron chi connectivity index (χ0n) is 10.5. The molecule has 0 aromatic carbocycles. The van der Waals surface area contributed by atoms with E-state index in [0.717, 1.165) is 10.4 Å². The number of pyridine rings is 1. The van der Waals surface area contributed by atoms with E-state index < -0.39 is 20.9 Å². The zero-order valence-corrected chi connectivity index (χ0v) is 11.3. The van der Waals surface area contributed by atoms with Crippen molar-refractivity contribution in [3.63, 3.8) is 0 Å². The predicted octanol–water partition coefficient (Wildman–Crippen LogP) is 1.27.